The van der Waals surface area contributed by atoms with E-state index in [4.69, 9.17) is 0 Å². The molecule has 0 unspecified atom stereocenters. The van der Waals surface area contributed by atoms with E-state index >= 15 is 0 Å². The zero-order chi connectivity index (χ0) is 15.1. The molecule has 0 N–H and O–H groups in total. The van der Waals surface area contributed by atoms with Gasteiger partial charge in [-0.3, -0.25) is 9.36 Å². The van der Waals surface area contributed by atoms with E-state index in [9.17, 15) is 4.79 Å². The van der Waals surface area contributed by atoms with Crippen molar-refractivity contribution in [3.8, 4) is 5.69 Å². The van der Waals surface area contributed by atoms with Crippen molar-refractivity contribution in [2.24, 2.45) is 0 Å². The molecule has 0 fully saturated rings. The molecule has 0 aliphatic heterocycles. The predicted octanol–water partition coefficient (Wildman–Crippen LogP) is 3.62. The molecule has 0 atom stereocenters. The molecule has 0 spiro atoms. The Bertz CT molecular complexity index is 907. The first kappa shape index (κ1) is 13.6. The average molecular weight is 278 g/mol. The van der Waals surface area contributed by atoms with E-state index in [0.29, 0.717) is 11.2 Å². The maximum Gasteiger partial charge on any atom is 0.265 e. The van der Waals surface area contributed by atoms with E-state index in [2.05, 4.69) is 18.0 Å². The molecular formula is C18H18N2O. The van der Waals surface area contributed by atoms with Gasteiger partial charge in [-0.25, -0.2) is 4.98 Å². The first-order valence-corrected chi connectivity index (χ1v) is 7.05. The van der Waals surface area contributed by atoms with E-state index < -0.39 is 0 Å². The van der Waals surface area contributed by atoms with Crippen molar-refractivity contribution >= 4 is 10.9 Å². The van der Waals surface area contributed by atoms with Gasteiger partial charge < -0.3 is 0 Å². The van der Waals surface area contributed by atoms with Crippen molar-refractivity contribution in [2.45, 2.75) is 27.7 Å². The van der Waals surface area contributed by atoms with Crippen molar-refractivity contribution in [1.29, 1.82) is 0 Å². The minimum Gasteiger partial charge on any atom is -0.268 e. The summed E-state index contributed by atoms with van der Waals surface area (Å²) >= 11 is 0. The van der Waals surface area contributed by atoms with Crippen LogP contribution in [0, 0.1) is 27.7 Å². The van der Waals surface area contributed by atoms with Crippen molar-refractivity contribution in [3.63, 3.8) is 0 Å². The Morgan fingerprint density at radius 3 is 2.29 bits per heavy atom. The van der Waals surface area contributed by atoms with Gasteiger partial charge in [-0.15, -0.1) is 0 Å². The average Bonchev–Trinajstić information content (AvgIpc) is 2.42. The molecule has 1 aromatic heterocycles. The van der Waals surface area contributed by atoms with Gasteiger partial charge in [0, 0.05) is 0 Å². The van der Waals surface area contributed by atoms with E-state index in [1.54, 1.807) is 4.57 Å². The zero-order valence-electron chi connectivity index (χ0n) is 12.8. The van der Waals surface area contributed by atoms with E-state index in [1.165, 1.54) is 5.56 Å². The topological polar surface area (TPSA) is 34.9 Å². The van der Waals surface area contributed by atoms with Crippen LogP contribution in [0.1, 0.15) is 22.5 Å². The predicted molar refractivity (Wildman–Crippen MR) is 86.3 cm³/mol. The standard InChI is InChI=1S/C18H18N2O/c1-11-6-8-17(13(3)9-11)20-14(4)19-16-7-5-12(2)10-15(16)18(20)21/h5-10H,1-4H3. The number of rotatable bonds is 1. The molecule has 21 heavy (non-hydrogen) atoms. The summed E-state index contributed by atoms with van der Waals surface area (Å²) in [6, 6.07) is 11.9. The summed E-state index contributed by atoms with van der Waals surface area (Å²) in [4.78, 5) is 17.4. The smallest absolute Gasteiger partial charge is 0.265 e. The van der Waals surface area contributed by atoms with E-state index in [1.807, 2.05) is 51.1 Å². The Morgan fingerprint density at radius 1 is 0.905 bits per heavy atom. The Kier molecular flexibility index (Phi) is 3.13. The van der Waals surface area contributed by atoms with Crippen LogP contribution in [0.2, 0.25) is 0 Å². The van der Waals surface area contributed by atoms with E-state index in [-0.39, 0.29) is 5.56 Å². The van der Waals surface area contributed by atoms with Crippen LogP contribution in [-0.4, -0.2) is 9.55 Å². The lowest BCUT2D eigenvalue weighted by molar-refractivity contribution is 0.886. The highest BCUT2D eigenvalue weighted by Gasteiger charge is 2.11. The summed E-state index contributed by atoms with van der Waals surface area (Å²) in [5, 5.41) is 0.667. The molecular weight excluding hydrogens is 260 g/mol. The molecule has 0 amide bonds. The monoisotopic (exact) mass is 278 g/mol. The Balaban J connectivity index is 2.40. The molecule has 3 heteroatoms. The maximum atomic E-state index is 12.9. The second-order valence-electron chi connectivity index (χ2n) is 5.61. The highest BCUT2D eigenvalue weighted by atomic mass is 16.1. The first-order valence-electron chi connectivity index (χ1n) is 7.05. The molecule has 3 rings (SSSR count). The molecule has 0 aliphatic rings. The van der Waals surface area contributed by atoms with E-state index in [0.717, 1.165) is 22.3 Å². The number of hydrogen-bond acceptors (Lipinski definition) is 2. The van der Waals surface area contributed by atoms with Gasteiger partial charge in [0.15, 0.2) is 0 Å². The maximum absolute atomic E-state index is 12.9. The summed E-state index contributed by atoms with van der Waals surface area (Å²) in [5.74, 6) is 0.711. The summed E-state index contributed by atoms with van der Waals surface area (Å²) < 4.78 is 1.70. The highest BCUT2D eigenvalue weighted by Crippen LogP contribution is 2.18. The van der Waals surface area contributed by atoms with Crippen LogP contribution >= 0.6 is 0 Å². The van der Waals surface area contributed by atoms with Gasteiger partial charge in [0.2, 0.25) is 0 Å². The number of fused-ring (bicyclic) bond motifs is 1. The number of aromatic nitrogens is 2. The molecule has 0 bridgehead atoms. The van der Waals surface area contributed by atoms with Crippen molar-refractivity contribution in [3.05, 3.63) is 69.3 Å². The molecule has 0 radical (unpaired) electrons. The van der Waals surface area contributed by atoms with Gasteiger partial charge in [-0.2, -0.15) is 0 Å². The van der Waals surface area contributed by atoms with Gasteiger partial charge in [0.25, 0.3) is 5.56 Å². The number of hydrogen-bond donors (Lipinski definition) is 0. The number of nitrogens with zero attached hydrogens (tertiary/aromatic N) is 2. The van der Waals surface area contributed by atoms with Crippen LogP contribution in [0.25, 0.3) is 16.6 Å². The summed E-state index contributed by atoms with van der Waals surface area (Å²) in [7, 11) is 0. The van der Waals surface area contributed by atoms with Crippen LogP contribution in [0.5, 0.6) is 0 Å². The zero-order valence-corrected chi connectivity index (χ0v) is 12.8. The lowest BCUT2D eigenvalue weighted by Gasteiger charge is -2.14. The fourth-order valence-corrected chi connectivity index (χ4v) is 2.75. The molecule has 106 valence electrons. The lowest BCUT2D eigenvalue weighted by Crippen LogP contribution is -2.23. The third kappa shape index (κ3) is 2.25. The summed E-state index contributed by atoms with van der Waals surface area (Å²) in [6.07, 6.45) is 0. The van der Waals surface area contributed by atoms with Crippen LogP contribution in [0.3, 0.4) is 0 Å². The second-order valence-corrected chi connectivity index (χ2v) is 5.61. The molecule has 2 aromatic carbocycles. The minimum absolute atomic E-state index is 0.00634. The van der Waals surface area contributed by atoms with Crippen LogP contribution in [0.15, 0.2) is 41.2 Å². The Morgan fingerprint density at radius 2 is 1.57 bits per heavy atom. The van der Waals surface area contributed by atoms with Gasteiger partial charge in [-0.05, 0) is 51.5 Å². The molecule has 3 aromatic rings. The van der Waals surface area contributed by atoms with Crippen LogP contribution < -0.4 is 5.56 Å². The van der Waals surface area contributed by atoms with Crippen molar-refractivity contribution in [1.82, 2.24) is 9.55 Å². The molecule has 1 heterocycles. The lowest BCUT2D eigenvalue weighted by atomic mass is 10.1. The fourth-order valence-electron chi connectivity index (χ4n) is 2.75. The highest BCUT2D eigenvalue weighted by molar-refractivity contribution is 5.78. The van der Waals surface area contributed by atoms with Gasteiger partial charge in [-0.1, -0.05) is 29.3 Å². The Hall–Kier alpha value is -2.42. The number of benzene rings is 2. The van der Waals surface area contributed by atoms with Gasteiger partial charge in [0.1, 0.15) is 5.82 Å². The third-order valence-electron chi connectivity index (χ3n) is 3.78. The third-order valence-corrected chi connectivity index (χ3v) is 3.78. The molecule has 0 saturated heterocycles. The summed E-state index contributed by atoms with van der Waals surface area (Å²) in [5.41, 5.74) is 4.98. The molecule has 3 nitrogen and oxygen atoms in total. The van der Waals surface area contributed by atoms with Gasteiger partial charge in [0.05, 0.1) is 16.6 Å². The van der Waals surface area contributed by atoms with Crippen molar-refractivity contribution in [2.75, 3.05) is 0 Å². The van der Waals surface area contributed by atoms with Crippen LogP contribution in [-0.2, 0) is 0 Å². The second kappa shape index (κ2) is 4.85. The normalized spacial score (nSPS) is 11.0. The largest absolute Gasteiger partial charge is 0.268 e. The minimum atomic E-state index is -0.00634. The van der Waals surface area contributed by atoms with Crippen LogP contribution in [0.4, 0.5) is 0 Å². The molecule has 0 aliphatic carbocycles. The van der Waals surface area contributed by atoms with Gasteiger partial charge >= 0.3 is 0 Å². The Labute approximate surface area is 123 Å². The number of aryl methyl sites for hydroxylation is 4. The SMILES string of the molecule is Cc1ccc(-n2c(C)nc3ccc(C)cc3c2=O)c(C)c1. The molecule has 0 saturated carbocycles. The van der Waals surface area contributed by atoms with Crippen molar-refractivity contribution < 1.29 is 0 Å². The first-order chi connectivity index (χ1) is 9.97. The quantitative estimate of drug-likeness (QED) is 0.681. The summed E-state index contributed by atoms with van der Waals surface area (Å²) in [6.45, 7) is 7.93. The fraction of sp³-hybridized carbons (Fsp3) is 0.222.